The van der Waals surface area contributed by atoms with Crippen molar-refractivity contribution in [2.24, 2.45) is 0 Å². The summed E-state index contributed by atoms with van der Waals surface area (Å²) in [6.07, 6.45) is -2.11. The molecule has 0 bridgehead atoms. The zero-order valence-electron chi connectivity index (χ0n) is 22.4. The topological polar surface area (TPSA) is 52.7 Å². The third-order valence-electron chi connectivity index (χ3n) is 6.57. The van der Waals surface area contributed by atoms with Crippen LogP contribution in [0, 0.1) is 0 Å². The molecule has 4 rings (SSSR count). The van der Waals surface area contributed by atoms with E-state index in [1.165, 1.54) is 34.4 Å². The monoisotopic (exact) mass is 567 g/mol. The Morgan fingerprint density at radius 1 is 1.00 bits per heavy atom. The summed E-state index contributed by atoms with van der Waals surface area (Å²) in [6, 6.07) is 22.5. The lowest BCUT2D eigenvalue weighted by atomic mass is 10.1. The van der Waals surface area contributed by atoms with Crippen LogP contribution in [0.3, 0.4) is 0 Å². The Kier molecular flexibility index (Phi) is 9.71. The number of hydrogen-bond donors (Lipinski definition) is 1. The Bertz CT molecular complexity index is 1340. The average molecular weight is 568 g/mol. The van der Waals surface area contributed by atoms with Crippen LogP contribution in [-0.2, 0) is 22.3 Å². The standard InChI is InChI=1S/C31H32F3N3O2S/c1-22(2)36(20-24-9-4-3-5-10-24)18-8-17-35-29(38)21-37-26-11-6-7-12-27(26)40-28(30(37)39)19-23-13-15-25(16-14-23)31(32,33)34/h3-7,9-16,19,22H,8,17-18,20-21H2,1-2H3,(H,35,38)/b28-19-. The van der Waals surface area contributed by atoms with E-state index in [-0.39, 0.29) is 18.4 Å². The van der Waals surface area contributed by atoms with E-state index in [9.17, 15) is 22.8 Å². The van der Waals surface area contributed by atoms with Gasteiger partial charge in [-0.3, -0.25) is 19.4 Å². The highest BCUT2D eigenvalue weighted by molar-refractivity contribution is 8.04. The molecule has 0 radical (unpaired) electrons. The number of para-hydroxylation sites is 1. The van der Waals surface area contributed by atoms with Gasteiger partial charge in [-0.1, -0.05) is 66.4 Å². The van der Waals surface area contributed by atoms with Crippen LogP contribution in [0.4, 0.5) is 18.9 Å². The van der Waals surface area contributed by atoms with Crippen molar-refractivity contribution in [2.45, 2.75) is 43.9 Å². The van der Waals surface area contributed by atoms with E-state index in [0.717, 1.165) is 36.5 Å². The Morgan fingerprint density at radius 3 is 2.35 bits per heavy atom. The molecule has 0 aromatic heterocycles. The molecule has 1 N–H and O–H groups in total. The van der Waals surface area contributed by atoms with Crippen molar-refractivity contribution in [1.29, 1.82) is 0 Å². The Labute approximate surface area is 237 Å². The van der Waals surface area contributed by atoms with E-state index in [0.29, 0.717) is 28.7 Å². The van der Waals surface area contributed by atoms with Crippen LogP contribution in [-0.4, -0.2) is 42.4 Å². The molecule has 1 aliphatic heterocycles. The number of fused-ring (bicyclic) bond motifs is 1. The van der Waals surface area contributed by atoms with E-state index in [1.54, 1.807) is 18.2 Å². The number of benzene rings is 3. The summed E-state index contributed by atoms with van der Waals surface area (Å²) in [5.41, 5.74) is 1.59. The van der Waals surface area contributed by atoms with Gasteiger partial charge in [0.15, 0.2) is 0 Å². The molecule has 9 heteroatoms. The molecule has 0 saturated carbocycles. The summed E-state index contributed by atoms with van der Waals surface area (Å²) in [5, 5.41) is 2.93. The first-order valence-corrected chi connectivity index (χ1v) is 14.0. The van der Waals surface area contributed by atoms with Gasteiger partial charge in [0.25, 0.3) is 5.91 Å². The maximum absolute atomic E-state index is 13.4. The van der Waals surface area contributed by atoms with Gasteiger partial charge >= 0.3 is 6.18 Å². The number of halogens is 3. The Balaban J connectivity index is 1.38. The number of hydrogen-bond acceptors (Lipinski definition) is 4. The van der Waals surface area contributed by atoms with Crippen molar-refractivity contribution in [2.75, 3.05) is 24.5 Å². The first-order valence-electron chi connectivity index (χ1n) is 13.1. The fraction of sp³-hybridized carbons (Fsp3) is 0.290. The number of nitrogens with one attached hydrogen (secondary N) is 1. The van der Waals surface area contributed by atoms with Crippen LogP contribution >= 0.6 is 11.8 Å². The molecule has 0 atom stereocenters. The largest absolute Gasteiger partial charge is 0.416 e. The maximum Gasteiger partial charge on any atom is 0.416 e. The summed E-state index contributed by atoms with van der Waals surface area (Å²) < 4.78 is 38.8. The van der Waals surface area contributed by atoms with Gasteiger partial charge in [-0.25, -0.2) is 0 Å². The van der Waals surface area contributed by atoms with Gasteiger partial charge in [0.2, 0.25) is 5.91 Å². The quantitative estimate of drug-likeness (QED) is 0.222. The van der Waals surface area contributed by atoms with Crippen molar-refractivity contribution >= 4 is 35.3 Å². The van der Waals surface area contributed by atoms with Gasteiger partial charge in [0.05, 0.1) is 16.2 Å². The summed E-state index contributed by atoms with van der Waals surface area (Å²) in [7, 11) is 0. The van der Waals surface area contributed by atoms with Crippen LogP contribution in [0.25, 0.3) is 6.08 Å². The fourth-order valence-corrected chi connectivity index (χ4v) is 5.44. The molecule has 2 amide bonds. The molecule has 0 unspecified atom stereocenters. The van der Waals surface area contributed by atoms with Gasteiger partial charge in [0.1, 0.15) is 6.54 Å². The molecule has 0 spiro atoms. The summed E-state index contributed by atoms with van der Waals surface area (Å²) in [6.45, 7) is 6.26. The van der Waals surface area contributed by atoms with Gasteiger partial charge in [-0.15, -0.1) is 0 Å². The van der Waals surface area contributed by atoms with E-state index in [4.69, 9.17) is 0 Å². The molecule has 0 fully saturated rings. The highest BCUT2D eigenvalue weighted by Gasteiger charge is 2.31. The molecule has 3 aromatic carbocycles. The predicted octanol–water partition coefficient (Wildman–Crippen LogP) is 6.60. The SMILES string of the molecule is CC(C)N(CCCNC(=O)CN1C(=O)/C(=C/c2ccc(C(F)(F)F)cc2)Sc2ccccc21)Cc1ccccc1. The lowest BCUT2D eigenvalue weighted by Gasteiger charge is -2.30. The van der Waals surface area contributed by atoms with Crippen molar-refractivity contribution in [3.63, 3.8) is 0 Å². The van der Waals surface area contributed by atoms with E-state index in [2.05, 4.69) is 36.2 Å². The third kappa shape index (κ3) is 7.76. The number of amides is 2. The zero-order chi connectivity index (χ0) is 28.7. The van der Waals surface area contributed by atoms with E-state index in [1.807, 2.05) is 30.3 Å². The van der Waals surface area contributed by atoms with Crippen molar-refractivity contribution in [3.05, 3.63) is 100 Å². The third-order valence-corrected chi connectivity index (χ3v) is 7.65. The molecule has 40 heavy (non-hydrogen) atoms. The number of carbonyl (C=O) groups excluding carboxylic acids is 2. The lowest BCUT2D eigenvalue weighted by Crippen LogP contribution is -2.43. The molecular formula is C31H32F3N3O2S. The van der Waals surface area contributed by atoms with Crippen LogP contribution in [0.5, 0.6) is 0 Å². The number of rotatable bonds is 10. The van der Waals surface area contributed by atoms with Gasteiger partial charge in [-0.05, 0) is 61.7 Å². The second-order valence-corrected chi connectivity index (χ2v) is 10.9. The minimum absolute atomic E-state index is 0.154. The minimum Gasteiger partial charge on any atom is -0.355 e. The highest BCUT2D eigenvalue weighted by Crippen LogP contribution is 2.42. The van der Waals surface area contributed by atoms with Gasteiger partial charge in [0, 0.05) is 30.6 Å². The molecule has 3 aromatic rings. The molecule has 5 nitrogen and oxygen atoms in total. The summed E-state index contributed by atoms with van der Waals surface area (Å²) in [4.78, 5) is 31.2. The van der Waals surface area contributed by atoms with Gasteiger partial charge < -0.3 is 5.32 Å². The van der Waals surface area contributed by atoms with Crippen molar-refractivity contribution in [3.8, 4) is 0 Å². The van der Waals surface area contributed by atoms with Crippen LogP contribution < -0.4 is 10.2 Å². The normalized spacial score (nSPS) is 14.6. The molecule has 210 valence electrons. The van der Waals surface area contributed by atoms with E-state index >= 15 is 0 Å². The van der Waals surface area contributed by atoms with Crippen LogP contribution in [0.2, 0.25) is 0 Å². The number of thioether (sulfide) groups is 1. The first kappa shape index (κ1) is 29.4. The Morgan fingerprint density at radius 2 is 1.68 bits per heavy atom. The molecular weight excluding hydrogens is 535 g/mol. The molecule has 0 saturated heterocycles. The van der Waals surface area contributed by atoms with Crippen LogP contribution in [0.15, 0.2) is 88.7 Å². The first-order chi connectivity index (χ1) is 19.1. The smallest absolute Gasteiger partial charge is 0.355 e. The zero-order valence-corrected chi connectivity index (χ0v) is 23.3. The molecule has 1 aliphatic rings. The number of anilines is 1. The number of alkyl halides is 3. The minimum atomic E-state index is -4.43. The maximum atomic E-state index is 13.4. The number of nitrogens with zero attached hydrogens (tertiary/aromatic N) is 2. The second kappa shape index (κ2) is 13.2. The predicted molar refractivity (Wildman–Crippen MR) is 154 cm³/mol. The Hall–Kier alpha value is -3.56. The summed E-state index contributed by atoms with van der Waals surface area (Å²) >= 11 is 1.24. The van der Waals surface area contributed by atoms with Crippen molar-refractivity contribution in [1.82, 2.24) is 10.2 Å². The summed E-state index contributed by atoms with van der Waals surface area (Å²) in [5.74, 6) is -0.643. The molecule has 1 heterocycles. The van der Waals surface area contributed by atoms with E-state index < -0.39 is 11.7 Å². The number of carbonyl (C=O) groups is 2. The lowest BCUT2D eigenvalue weighted by molar-refractivity contribution is -0.137. The highest BCUT2D eigenvalue weighted by atomic mass is 32.2. The second-order valence-electron chi connectivity index (χ2n) is 9.84. The van der Waals surface area contributed by atoms with Crippen LogP contribution in [0.1, 0.15) is 37.0 Å². The molecule has 0 aliphatic carbocycles. The average Bonchev–Trinajstić information content (AvgIpc) is 2.93. The van der Waals surface area contributed by atoms with Gasteiger partial charge in [-0.2, -0.15) is 13.2 Å². The van der Waals surface area contributed by atoms with Crippen molar-refractivity contribution < 1.29 is 22.8 Å². The fourth-order valence-electron chi connectivity index (χ4n) is 4.39.